The van der Waals surface area contributed by atoms with E-state index in [9.17, 15) is 14.3 Å². The van der Waals surface area contributed by atoms with Crippen LogP contribution >= 0.6 is 11.6 Å². The fourth-order valence-electron chi connectivity index (χ4n) is 3.01. The van der Waals surface area contributed by atoms with Gasteiger partial charge in [0.05, 0.1) is 13.0 Å². The number of rotatable bonds is 6. The molecule has 0 fully saturated rings. The van der Waals surface area contributed by atoms with E-state index in [1.165, 1.54) is 13.2 Å². The molecule has 0 bridgehead atoms. The summed E-state index contributed by atoms with van der Waals surface area (Å²) in [5.74, 6) is -1.17. The molecule has 0 aliphatic heterocycles. The number of aromatic hydroxyl groups is 1. The standard InChI is InChI=1S/C23H21ClFNO3/c1-14(23(28)29-2)16-5-9-20(21(25)12-16)15-3-7-19(8-4-15)26-13-17-11-18(24)6-10-22(17)27/h3-12,14,26-27H,13H2,1-2H3. The highest BCUT2D eigenvalue weighted by molar-refractivity contribution is 6.30. The Bertz CT molecular complexity index is 1020. The maximum atomic E-state index is 14.6. The van der Waals surface area contributed by atoms with Gasteiger partial charge in [-0.25, -0.2) is 4.39 Å². The van der Waals surface area contributed by atoms with E-state index in [0.29, 0.717) is 28.3 Å². The highest BCUT2D eigenvalue weighted by Gasteiger charge is 2.17. The van der Waals surface area contributed by atoms with Crippen LogP contribution in [0.15, 0.2) is 60.7 Å². The summed E-state index contributed by atoms with van der Waals surface area (Å²) in [5, 5.41) is 13.6. The first-order valence-electron chi connectivity index (χ1n) is 9.08. The fraction of sp³-hybridized carbons (Fsp3) is 0.174. The molecule has 3 rings (SSSR count). The van der Waals surface area contributed by atoms with Crippen LogP contribution in [0.3, 0.4) is 0 Å². The summed E-state index contributed by atoms with van der Waals surface area (Å²) in [5.41, 5.74) is 3.24. The van der Waals surface area contributed by atoms with Crippen molar-refractivity contribution in [3.05, 3.63) is 82.6 Å². The second kappa shape index (κ2) is 8.97. The van der Waals surface area contributed by atoms with E-state index < -0.39 is 17.7 Å². The van der Waals surface area contributed by atoms with Gasteiger partial charge in [0.25, 0.3) is 0 Å². The van der Waals surface area contributed by atoms with Crippen LogP contribution in [0.1, 0.15) is 24.0 Å². The number of hydrogen-bond donors (Lipinski definition) is 2. The van der Waals surface area contributed by atoms with Gasteiger partial charge in [0.2, 0.25) is 0 Å². The minimum absolute atomic E-state index is 0.168. The zero-order valence-corrected chi connectivity index (χ0v) is 16.8. The molecular formula is C23H21ClFNO3. The molecule has 0 radical (unpaired) electrons. The van der Waals surface area contributed by atoms with E-state index in [1.54, 1.807) is 37.3 Å². The summed E-state index contributed by atoms with van der Waals surface area (Å²) >= 11 is 5.96. The van der Waals surface area contributed by atoms with Crippen LogP contribution < -0.4 is 5.32 Å². The van der Waals surface area contributed by atoms with E-state index in [2.05, 4.69) is 5.32 Å². The predicted molar refractivity (Wildman–Crippen MR) is 113 cm³/mol. The highest BCUT2D eigenvalue weighted by Crippen LogP contribution is 2.28. The first-order valence-corrected chi connectivity index (χ1v) is 9.46. The van der Waals surface area contributed by atoms with Crippen LogP contribution in [0.4, 0.5) is 10.1 Å². The van der Waals surface area contributed by atoms with Gasteiger partial charge in [-0.2, -0.15) is 0 Å². The number of hydrogen-bond acceptors (Lipinski definition) is 4. The molecule has 0 aliphatic rings. The Balaban J connectivity index is 1.73. The van der Waals surface area contributed by atoms with Gasteiger partial charge in [-0.1, -0.05) is 35.9 Å². The lowest BCUT2D eigenvalue weighted by atomic mass is 9.97. The van der Waals surface area contributed by atoms with Crippen molar-refractivity contribution in [2.45, 2.75) is 19.4 Å². The largest absolute Gasteiger partial charge is 0.508 e. The van der Waals surface area contributed by atoms with Gasteiger partial charge in [0.15, 0.2) is 0 Å². The molecule has 150 valence electrons. The number of methoxy groups -OCH3 is 1. The van der Waals surface area contributed by atoms with E-state index in [0.717, 1.165) is 11.3 Å². The molecule has 0 aromatic heterocycles. The second-order valence-corrected chi connectivity index (χ2v) is 7.12. The third kappa shape index (κ3) is 4.87. The van der Waals surface area contributed by atoms with E-state index in [4.69, 9.17) is 16.3 Å². The number of esters is 1. The van der Waals surface area contributed by atoms with Crippen molar-refractivity contribution in [3.63, 3.8) is 0 Å². The Hall–Kier alpha value is -3.05. The molecule has 3 aromatic carbocycles. The van der Waals surface area contributed by atoms with Gasteiger partial charge in [0.1, 0.15) is 11.6 Å². The molecule has 0 aliphatic carbocycles. The second-order valence-electron chi connectivity index (χ2n) is 6.69. The number of benzene rings is 3. The molecule has 0 saturated carbocycles. The number of ether oxygens (including phenoxy) is 1. The molecule has 0 spiro atoms. The van der Waals surface area contributed by atoms with Gasteiger partial charge in [-0.05, 0) is 54.4 Å². The molecule has 2 N–H and O–H groups in total. The van der Waals surface area contributed by atoms with Crippen molar-refractivity contribution in [2.24, 2.45) is 0 Å². The monoisotopic (exact) mass is 413 g/mol. The number of anilines is 1. The summed E-state index contributed by atoms with van der Waals surface area (Å²) in [6, 6.07) is 16.9. The molecule has 6 heteroatoms. The average Bonchev–Trinajstić information content (AvgIpc) is 2.73. The lowest BCUT2D eigenvalue weighted by Gasteiger charge is -2.12. The fourth-order valence-corrected chi connectivity index (χ4v) is 3.20. The number of carbonyl (C=O) groups is 1. The van der Waals surface area contributed by atoms with Gasteiger partial charge < -0.3 is 15.2 Å². The van der Waals surface area contributed by atoms with Crippen molar-refractivity contribution < 1.29 is 19.0 Å². The van der Waals surface area contributed by atoms with Crippen molar-refractivity contribution in [1.29, 1.82) is 0 Å². The van der Waals surface area contributed by atoms with Crippen LogP contribution in [-0.2, 0) is 16.1 Å². The van der Waals surface area contributed by atoms with Crippen LogP contribution in [0.2, 0.25) is 5.02 Å². The Kier molecular flexibility index (Phi) is 6.39. The van der Waals surface area contributed by atoms with Crippen molar-refractivity contribution in [3.8, 4) is 16.9 Å². The Morgan fingerprint density at radius 2 is 1.86 bits per heavy atom. The molecule has 1 atom stereocenters. The topological polar surface area (TPSA) is 58.6 Å². The first kappa shape index (κ1) is 20.7. The molecule has 3 aromatic rings. The summed E-state index contributed by atoms with van der Waals surface area (Å²) in [6.45, 7) is 2.08. The number of phenolic OH excluding ortho intramolecular Hbond substituents is 1. The first-order chi connectivity index (χ1) is 13.9. The molecule has 1 unspecified atom stereocenters. The lowest BCUT2D eigenvalue weighted by molar-refractivity contribution is -0.141. The van der Waals surface area contributed by atoms with Gasteiger partial charge in [0, 0.05) is 28.4 Å². The molecule has 0 saturated heterocycles. The third-order valence-electron chi connectivity index (χ3n) is 4.77. The quantitative estimate of drug-likeness (QED) is 0.506. The number of phenols is 1. The third-order valence-corrected chi connectivity index (χ3v) is 5.00. The predicted octanol–water partition coefficient (Wildman–Crippen LogP) is 5.74. The van der Waals surface area contributed by atoms with Gasteiger partial charge in [-0.3, -0.25) is 4.79 Å². The van der Waals surface area contributed by atoms with Crippen LogP contribution in [0, 0.1) is 5.82 Å². The number of carbonyl (C=O) groups excluding carboxylic acids is 1. The highest BCUT2D eigenvalue weighted by atomic mass is 35.5. The molecular weight excluding hydrogens is 393 g/mol. The van der Waals surface area contributed by atoms with Crippen LogP contribution in [0.5, 0.6) is 5.75 Å². The molecule has 4 nitrogen and oxygen atoms in total. The normalized spacial score (nSPS) is 11.7. The minimum atomic E-state index is -0.530. The van der Waals surface area contributed by atoms with E-state index in [-0.39, 0.29) is 5.75 Å². The van der Waals surface area contributed by atoms with Gasteiger partial charge >= 0.3 is 5.97 Å². The summed E-state index contributed by atoms with van der Waals surface area (Å²) in [6.07, 6.45) is 0. The minimum Gasteiger partial charge on any atom is -0.508 e. The Morgan fingerprint density at radius 3 is 2.52 bits per heavy atom. The maximum Gasteiger partial charge on any atom is 0.312 e. The lowest BCUT2D eigenvalue weighted by Crippen LogP contribution is -2.11. The molecule has 29 heavy (non-hydrogen) atoms. The van der Waals surface area contributed by atoms with Crippen molar-refractivity contribution in [1.82, 2.24) is 0 Å². The van der Waals surface area contributed by atoms with Crippen LogP contribution in [-0.4, -0.2) is 18.2 Å². The van der Waals surface area contributed by atoms with E-state index in [1.807, 2.05) is 24.3 Å². The Morgan fingerprint density at radius 1 is 1.14 bits per heavy atom. The van der Waals surface area contributed by atoms with Crippen molar-refractivity contribution in [2.75, 3.05) is 12.4 Å². The maximum absolute atomic E-state index is 14.6. The SMILES string of the molecule is COC(=O)C(C)c1ccc(-c2ccc(NCc3cc(Cl)ccc3O)cc2)c(F)c1. The van der Waals surface area contributed by atoms with Gasteiger partial charge in [-0.15, -0.1) is 0 Å². The molecule has 0 heterocycles. The molecule has 0 amide bonds. The Labute approximate surface area is 173 Å². The zero-order chi connectivity index (χ0) is 21.0. The summed E-state index contributed by atoms with van der Waals surface area (Å²) in [4.78, 5) is 11.6. The number of halogens is 2. The van der Waals surface area contributed by atoms with E-state index >= 15 is 0 Å². The van der Waals surface area contributed by atoms with Crippen LogP contribution in [0.25, 0.3) is 11.1 Å². The van der Waals surface area contributed by atoms with Crippen molar-refractivity contribution >= 4 is 23.3 Å². The number of nitrogens with one attached hydrogen (secondary N) is 1. The summed E-state index contributed by atoms with van der Waals surface area (Å²) in [7, 11) is 1.31. The average molecular weight is 414 g/mol. The summed E-state index contributed by atoms with van der Waals surface area (Å²) < 4.78 is 19.3. The zero-order valence-electron chi connectivity index (χ0n) is 16.1. The smallest absolute Gasteiger partial charge is 0.312 e.